The summed E-state index contributed by atoms with van der Waals surface area (Å²) >= 11 is 0. The van der Waals surface area contributed by atoms with Crippen LogP contribution in [-0.2, 0) is 22.4 Å². The Balaban J connectivity index is -0.0000000450. The average molecular weight is 205 g/mol. The molecule has 0 aromatic heterocycles. The molecule has 0 aliphatic rings. The Bertz CT molecular complexity index is 33.8. The van der Waals surface area contributed by atoms with Crippen molar-refractivity contribution in [2.75, 3.05) is 0 Å². The Labute approximate surface area is 55.6 Å². The quantitative estimate of drug-likeness (QED) is 0.237. The van der Waals surface area contributed by atoms with Gasteiger partial charge in [-0.15, -0.1) is 0 Å². The van der Waals surface area contributed by atoms with E-state index in [2.05, 4.69) is 0 Å². The summed E-state index contributed by atoms with van der Waals surface area (Å²) in [5.41, 5.74) is 0. The standard InChI is InChI=1S/Ag.ClH.NO3/c;;2-1(3)4/h;1H;/q+2;;-1/p-1. The molecule has 0 heterocycles. The molecule has 0 spiro atoms. The van der Waals surface area contributed by atoms with Crippen molar-refractivity contribution in [3.05, 3.63) is 15.3 Å². The Kier molecular flexibility index (Phi) is 24.4. The van der Waals surface area contributed by atoms with E-state index in [1.54, 1.807) is 0 Å². The van der Waals surface area contributed by atoms with Crippen LogP contribution in [0.25, 0.3) is 0 Å². The third-order valence-electron chi connectivity index (χ3n) is 0. The summed E-state index contributed by atoms with van der Waals surface area (Å²) in [5, 5.41) is 14.8. The minimum Gasteiger partial charge on any atom is -1.00 e. The molecule has 0 aromatic rings. The Hall–Kier alpha value is 0.230. The molecule has 1 radical (unpaired) electrons. The molecule has 0 rings (SSSR count). The maximum Gasteiger partial charge on any atom is 2.00 e. The van der Waals surface area contributed by atoms with Gasteiger partial charge in [-0.25, -0.2) is 0 Å². The number of halogens is 1. The Morgan fingerprint density at radius 1 is 1.33 bits per heavy atom. The number of nitrogens with zero attached hydrogens (tertiary/aromatic N) is 1. The number of rotatable bonds is 0. The van der Waals surface area contributed by atoms with Crippen LogP contribution in [0.5, 0.6) is 0 Å². The van der Waals surface area contributed by atoms with Crippen LogP contribution in [0.3, 0.4) is 0 Å². The third kappa shape index (κ3) is 833. The molecule has 0 aromatic carbocycles. The van der Waals surface area contributed by atoms with Crippen LogP contribution >= 0.6 is 0 Å². The van der Waals surface area contributed by atoms with Crippen molar-refractivity contribution in [3.8, 4) is 0 Å². The van der Waals surface area contributed by atoms with Gasteiger partial charge >= 0.3 is 22.4 Å². The molecule has 0 aliphatic carbocycles. The van der Waals surface area contributed by atoms with Crippen molar-refractivity contribution in [1.29, 1.82) is 0 Å². The van der Waals surface area contributed by atoms with Crippen molar-refractivity contribution in [2.24, 2.45) is 0 Å². The predicted octanol–water partition coefficient (Wildman–Crippen LogP) is -3.24. The minimum absolute atomic E-state index is 0. The summed E-state index contributed by atoms with van der Waals surface area (Å²) in [4.78, 5) is 8.25. The van der Waals surface area contributed by atoms with Crippen LogP contribution in [0.15, 0.2) is 0 Å². The van der Waals surface area contributed by atoms with Gasteiger partial charge in [0.05, 0.1) is 5.09 Å². The molecule has 6 heavy (non-hydrogen) atoms. The fourth-order valence-electron chi connectivity index (χ4n) is 0. The summed E-state index contributed by atoms with van der Waals surface area (Å²) in [5.74, 6) is 0. The molecule has 0 saturated heterocycles. The molecule has 41 valence electrons. The largest absolute Gasteiger partial charge is 2.00 e. The van der Waals surface area contributed by atoms with Gasteiger partial charge in [0.25, 0.3) is 0 Å². The van der Waals surface area contributed by atoms with E-state index in [4.69, 9.17) is 15.3 Å². The van der Waals surface area contributed by atoms with E-state index >= 15 is 0 Å². The molecule has 0 aliphatic heterocycles. The molecule has 6 heteroatoms. The van der Waals surface area contributed by atoms with Crippen LogP contribution in [0, 0.1) is 15.3 Å². The third-order valence-corrected chi connectivity index (χ3v) is 0. The van der Waals surface area contributed by atoms with E-state index in [1.165, 1.54) is 0 Å². The van der Waals surface area contributed by atoms with E-state index in [9.17, 15) is 0 Å². The molecule has 0 amide bonds. The molecule has 0 N–H and O–H groups in total. The van der Waals surface area contributed by atoms with Crippen molar-refractivity contribution < 1.29 is 39.9 Å². The summed E-state index contributed by atoms with van der Waals surface area (Å²) in [6.45, 7) is 0. The normalized spacial score (nSPS) is 4.00. The molecule has 0 unspecified atom stereocenters. The zero-order chi connectivity index (χ0) is 3.58. The first-order chi connectivity index (χ1) is 1.73. The van der Waals surface area contributed by atoms with Gasteiger partial charge in [-0.2, -0.15) is 0 Å². The van der Waals surface area contributed by atoms with E-state index in [1.807, 2.05) is 0 Å². The maximum absolute atomic E-state index is 8.25. The van der Waals surface area contributed by atoms with Gasteiger partial charge in [0.1, 0.15) is 0 Å². The van der Waals surface area contributed by atoms with E-state index < -0.39 is 5.09 Å². The summed E-state index contributed by atoms with van der Waals surface area (Å²) in [7, 11) is 0. The molecule has 0 fully saturated rings. The maximum atomic E-state index is 8.25. The van der Waals surface area contributed by atoms with Gasteiger partial charge in [0.2, 0.25) is 0 Å². The topological polar surface area (TPSA) is 66.2 Å². The summed E-state index contributed by atoms with van der Waals surface area (Å²) in [6, 6.07) is 0. The molecule has 0 bridgehead atoms. The van der Waals surface area contributed by atoms with E-state index in [-0.39, 0.29) is 34.8 Å². The van der Waals surface area contributed by atoms with Crippen molar-refractivity contribution in [1.82, 2.24) is 0 Å². The zero-order valence-corrected chi connectivity index (χ0v) is 4.59. The SMILES string of the molecule is O=[N+]([O-])[O-].[Ag+2].[Cl-]. The first-order valence-corrected chi connectivity index (χ1v) is 0.548. The fraction of sp³-hybridized carbons (Fsp3) is 0. The molecule has 0 atom stereocenters. The second-order valence-electron chi connectivity index (χ2n) is 0.224. The van der Waals surface area contributed by atoms with Gasteiger partial charge in [-0.3, -0.25) is 0 Å². The molecule has 4 nitrogen and oxygen atoms in total. The van der Waals surface area contributed by atoms with Crippen LogP contribution in [0.2, 0.25) is 0 Å². The van der Waals surface area contributed by atoms with Gasteiger partial charge in [-0.05, 0) is 0 Å². The van der Waals surface area contributed by atoms with Crippen LogP contribution < -0.4 is 12.4 Å². The van der Waals surface area contributed by atoms with Gasteiger partial charge in [0, 0.05) is 0 Å². The molecular weight excluding hydrogens is 205 g/mol. The minimum atomic E-state index is -1.75. The zero-order valence-electron chi connectivity index (χ0n) is 2.35. The fourth-order valence-corrected chi connectivity index (χ4v) is 0. The van der Waals surface area contributed by atoms with E-state index in [0.29, 0.717) is 0 Å². The molecular formula is AgClNO3. The van der Waals surface area contributed by atoms with Crippen molar-refractivity contribution in [3.63, 3.8) is 0 Å². The first kappa shape index (κ1) is 16.3. The Morgan fingerprint density at radius 3 is 1.33 bits per heavy atom. The van der Waals surface area contributed by atoms with Crippen molar-refractivity contribution >= 4 is 0 Å². The summed E-state index contributed by atoms with van der Waals surface area (Å²) in [6.07, 6.45) is 0. The van der Waals surface area contributed by atoms with Gasteiger partial charge < -0.3 is 27.7 Å². The first-order valence-electron chi connectivity index (χ1n) is 0.548. The molecule has 0 saturated carbocycles. The van der Waals surface area contributed by atoms with Gasteiger partial charge in [0.15, 0.2) is 0 Å². The second kappa shape index (κ2) is 8.97. The van der Waals surface area contributed by atoms with Crippen LogP contribution in [0.4, 0.5) is 0 Å². The van der Waals surface area contributed by atoms with Crippen molar-refractivity contribution in [2.45, 2.75) is 0 Å². The number of hydrogen-bond acceptors (Lipinski definition) is 3. The van der Waals surface area contributed by atoms with E-state index in [0.717, 1.165) is 0 Å². The van der Waals surface area contributed by atoms with Gasteiger partial charge in [-0.1, -0.05) is 0 Å². The van der Waals surface area contributed by atoms with Crippen LogP contribution in [-0.4, -0.2) is 5.09 Å². The number of hydrogen-bond donors (Lipinski definition) is 0. The Morgan fingerprint density at radius 2 is 1.33 bits per heavy atom. The average Bonchev–Trinajstić information content (AvgIpc) is 0.811. The smallest absolute Gasteiger partial charge is 1.00 e. The summed E-state index contributed by atoms with van der Waals surface area (Å²) < 4.78 is 0. The monoisotopic (exact) mass is 204 g/mol. The predicted molar refractivity (Wildman–Crippen MR) is 10.4 cm³/mol. The van der Waals surface area contributed by atoms with Crippen LogP contribution in [0.1, 0.15) is 0 Å². The second-order valence-corrected chi connectivity index (χ2v) is 0.224.